The molecule has 0 aliphatic carbocycles. The normalized spacial score (nSPS) is 10.1. The summed E-state index contributed by atoms with van der Waals surface area (Å²) < 4.78 is 4.51. The van der Waals surface area contributed by atoms with E-state index in [0.717, 1.165) is 11.6 Å². The molecule has 0 aliphatic heterocycles. The number of methoxy groups -OCH3 is 1. The van der Waals surface area contributed by atoms with Crippen molar-refractivity contribution in [3.63, 3.8) is 0 Å². The van der Waals surface area contributed by atoms with E-state index in [1.807, 2.05) is 11.4 Å². The molecular formula is C9H12ClNO2S. The van der Waals surface area contributed by atoms with Crippen LogP contribution in [-0.4, -0.2) is 19.6 Å². The first-order valence-corrected chi connectivity index (χ1v) is 5.48. The molecule has 1 aromatic heterocycles. The lowest BCUT2D eigenvalue weighted by Gasteiger charge is -2.01. The maximum Gasteiger partial charge on any atom is 0.306 e. The van der Waals surface area contributed by atoms with Crippen molar-refractivity contribution in [2.75, 3.05) is 13.7 Å². The van der Waals surface area contributed by atoms with E-state index in [1.165, 1.54) is 12.0 Å². The lowest BCUT2D eigenvalue weighted by Crippen LogP contribution is -2.17. The number of esters is 1. The fraction of sp³-hybridized carbons (Fsp3) is 0.444. The van der Waals surface area contributed by atoms with Crippen LogP contribution in [0.2, 0.25) is 5.02 Å². The van der Waals surface area contributed by atoms with Crippen LogP contribution in [0.5, 0.6) is 0 Å². The van der Waals surface area contributed by atoms with Gasteiger partial charge in [0.2, 0.25) is 0 Å². The number of rotatable bonds is 5. The molecule has 1 heterocycles. The van der Waals surface area contributed by atoms with Crippen molar-refractivity contribution in [3.8, 4) is 0 Å². The van der Waals surface area contributed by atoms with Gasteiger partial charge in [0.05, 0.1) is 18.6 Å². The number of carbonyl (C=O) groups excluding carboxylic acids is 1. The third-order valence-electron chi connectivity index (χ3n) is 1.65. The van der Waals surface area contributed by atoms with Gasteiger partial charge in [-0.1, -0.05) is 11.6 Å². The first-order chi connectivity index (χ1) is 6.72. The highest BCUT2D eigenvalue weighted by atomic mass is 35.5. The Balaban J connectivity index is 2.13. The van der Waals surface area contributed by atoms with Crippen molar-refractivity contribution in [2.24, 2.45) is 0 Å². The van der Waals surface area contributed by atoms with Gasteiger partial charge in [0, 0.05) is 23.3 Å². The monoisotopic (exact) mass is 233 g/mol. The van der Waals surface area contributed by atoms with E-state index in [0.29, 0.717) is 13.0 Å². The molecule has 78 valence electrons. The Morgan fingerprint density at radius 2 is 2.50 bits per heavy atom. The summed E-state index contributed by atoms with van der Waals surface area (Å²) in [4.78, 5) is 11.9. The van der Waals surface area contributed by atoms with Gasteiger partial charge in [-0.05, 0) is 6.07 Å². The Morgan fingerprint density at radius 3 is 3.07 bits per heavy atom. The van der Waals surface area contributed by atoms with E-state index in [9.17, 15) is 4.79 Å². The second-order valence-corrected chi connectivity index (χ2v) is 4.17. The zero-order chi connectivity index (χ0) is 10.4. The van der Waals surface area contributed by atoms with Gasteiger partial charge < -0.3 is 10.1 Å². The lowest BCUT2D eigenvalue weighted by atomic mass is 10.4. The fourth-order valence-corrected chi connectivity index (χ4v) is 1.99. The van der Waals surface area contributed by atoms with Crippen molar-refractivity contribution in [1.29, 1.82) is 0 Å². The van der Waals surface area contributed by atoms with Crippen LogP contribution in [0.15, 0.2) is 11.4 Å². The number of nitrogens with one attached hydrogen (secondary N) is 1. The molecule has 5 heteroatoms. The molecule has 3 nitrogen and oxygen atoms in total. The minimum atomic E-state index is -0.193. The smallest absolute Gasteiger partial charge is 0.306 e. The average Bonchev–Trinajstić information content (AvgIpc) is 2.58. The molecule has 0 aromatic carbocycles. The van der Waals surface area contributed by atoms with Crippen LogP contribution in [0.3, 0.4) is 0 Å². The molecule has 0 radical (unpaired) electrons. The summed E-state index contributed by atoms with van der Waals surface area (Å²) in [5, 5.41) is 5.78. The maximum atomic E-state index is 10.7. The van der Waals surface area contributed by atoms with Crippen molar-refractivity contribution in [2.45, 2.75) is 13.0 Å². The zero-order valence-electron chi connectivity index (χ0n) is 7.88. The standard InChI is InChI=1S/C9H12ClNO2S/c1-13-9(12)2-3-11-5-8-4-7(10)6-14-8/h4,6,11H,2-3,5H2,1H3. The zero-order valence-corrected chi connectivity index (χ0v) is 9.45. The van der Waals surface area contributed by atoms with E-state index in [1.54, 1.807) is 11.3 Å². The number of carbonyl (C=O) groups is 1. The summed E-state index contributed by atoms with van der Waals surface area (Å²) in [5.74, 6) is -0.193. The second kappa shape index (κ2) is 6.01. The van der Waals surface area contributed by atoms with Crippen LogP contribution in [0.1, 0.15) is 11.3 Å². The molecule has 0 spiro atoms. The second-order valence-electron chi connectivity index (χ2n) is 2.73. The Labute approximate surface area is 92.0 Å². The highest BCUT2D eigenvalue weighted by Gasteiger charge is 2.00. The minimum absolute atomic E-state index is 0.193. The van der Waals surface area contributed by atoms with Crippen LogP contribution in [0, 0.1) is 0 Å². The minimum Gasteiger partial charge on any atom is -0.469 e. The molecule has 1 aromatic rings. The van der Waals surface area contributed by atoms with Crippen LogP contribution in [0.25, 0.3) is 0 Å². The molecule has 0 saturated carbocycles. The quantitative estimate of drug-likeness (QED) is 0.625. The predicted molar refractivity (Wildman–Crippen MR) is 57.7 cm³/mol. The summed E-state index contributed by atoms with van der Waals surface area (Å²) >= 11 is 7.36. The first kappa shape index (κ1) is 11.5. The first-order valence-electron chi connectivity index (χ1n) is 4.23. The van der Waals surface area contributed by atoms with Crippen LogP contribution in [-0.2, 0) is 16.1 Å². The molecule has 0 amide bonds. The predicted octanol–water partition coefficient (Wildman–Crippen LogP) is 2.05. The Hall–Kier alpha value is -0.580. The Bertz CT molecular complexity index is 301. The van der Waals surface area contributed by atoms with Crippen molar-refractivity contribution < 1.29 is 9.53 Å². The van der Waals surface area contributed by atoms with Crippen molar-refractivity contribution in [1.82, 2.24) is 5.32 Å². The van der Waals surface area contributed by atoms with Gasteiger partial charge in [-0.2, -0.15) is 0 Å². The summed E-state index contributed by atoms with van der Waals surface area (Å²) in [6.07, 6.45) is 0.398. The number of thiophene rings is 1. The van der Waals surface area contributed by atoms with E-state index in [-0.39, 0.29) is 5.97 Å². The summed E-state index contributed by atoms with van der Waals surface area (Å²) in [6.45, 7) is 1.37. The molecule has 0 unspecified atom stereocenters. The molecule has 0 atom stereocenters. The summed E-state index contributed by atoms with van der Waals surface area (Å²) in [5.41, 5.74) is 0. The molecule has 1 rings (SSSR count). The molecule has 14 heavy (non-hydrogen) atoms. The van der Waals surface area contributed by atoms with E-state index in [2.05, 4.69) is 10.1 Å². The molecule has 1 N–H and O–H groups in total. The molecule has 0 fully saturated rings. The number of halogens is 1. The lowest BCUT2D eigenvalue weighted by molar-refractivity contribution is -0.140. The Morgan fingerprint density at radius 1 is 1.71 bits per heavy atom. The molecule has 0 saturated heterocycles. The largest absolute Gasteiger partial charge is 0.469 e. The van der Waals surface area contributed by atoms with Crippen LogP contribution >= 0.6 is 22.9 Å². The third kappa shape index (κ3) is 4.09. The van der Waals surface area contributed by atoms with Crippen LogP contribution in [0.4, 0.5) is 0 Å². The van der Waals surface area contributed by atoms with Gasteiger partial charge in [-0.15, -0.1) is 11.3 Å². The average molecular weight is 234 g/mol. The number of hydrogen-bond donors (Lipinski definition) is 1. The van der Waals surface area contributed by atoms with Crippen molar-refractivity contribution in [3.05, 3.63) is 21.3 Å². The van der Waals surface area contributed by atoms with Gasteiger partial charge in [0.15, 0.2) is 0 Å². The molecular weight excluding hydrogens is 222 g/mol. The topological polar surface area (TPSA) is 38.3 Å². The van der Waals surface area contributed by atoms with Gasteiger partial charge in [0.25, 0.3) is 0 Å². The Kier molecular flexibility index (Phi) is 4.93. The van der Waals surface area contributed by atoms with Crippen molar-refractivity contribution >= 4 is 28.9 Å². The van der Waals surface area contributed by atoms with Gasteiger partial charge in [-0.25, -0.2) is 0 Å². The summed E-state index contributed by atoms with van der Waals surface area (Å²) in [6, 6.07) is 1.91. The highest BCUT2D eigenvalue weighted by molar-refractivity contribution is 7.10. The van der Waals surface area contributed by atoms with E-state index < -0.39 is 0 Å². The van der Waals surface area contributed by atoms with E-state index >= 15 is 0 Å². The van der Waals surface area contributed by atoms with Crippen LogP contribution < -0.4 is 5.32 Å². The third-order valence-corrected chi connectivity index (χ3v) is 2.94. The summed E-state index contributed by atoms with van der Waals surface area (Å²) in [7, 11) is 1.39. The van der Waals surface area contributed by atoms with Gasteiger partial charge in [0.1, 0.15) is 0 Å². The van der Waals surface area contributed by atoms with Gasteiger partial charge >= 0.3 is 5.97 Å². The SMILES string of the molecule is COC(=O)CCNCc1cc(Cl)cs1. The van der Waals surface area contributed by atoms with Gasteiger partial charge in [-0.3, -0.25) is 4.79 Å². The maximum absolute atomic E-state index is 10.7. The molecule has 0 aliphatic rings. The number of hydrogen-bond acceptors (Lipinski definition) is 4. The molecule has 0 bridgehead atoms. The number of ether oxygens (including phenoxy) is 1. The van der Waals surface area contributed by atoms with E-state index in [4.69, 9.17) is 11.6 Å². The fourth-order valence-electron chi connectivity index (χ4n) is 0.951. The highest BCUT2D eigenvalue weighted by Crippen LogP contribution is 2.18.